The number of methoxy groups -OCH3 is 3. The van der Waals surface area contributed by atoms with Crippen LogP contribution in [0, 0.1) is 0 Å². The van der Waals surface area contributed by atoms with Gasteiger partial charge in [-0.15, -0.1) is 6.58 Å². The van der Waals surface area contributed by atoms with Crippen molar-refractivity contribution in [1.82, 2.24) is 0 Å². The molecule has 5 nitrogen and oxygen atoms in total. The Morgan fingerprint density at radius 3 is 1.59 bits per heavy atom. The van der Waals surface area contributed by atoms with Crippen LogP contribution in [0.5, 0.6) is 28.7 Å². The van der Waals surface area contributed by atoms with Gasteiger partial charge in [-0.3, -0.25) is 0 Å². The molecule has 7 heteroatoms. The first-order valence-electron chi connectivity index (χ1n) is 13.5. The Bertz CT molecular complexity index is 1160. The van der Waals surface area contributed by atoms with E-state index in [9.17, 15) is 0 Å². The zero-order valence-electron chi connectivity index (χ0n) is 26.5. The molecule has 0 spiro atoms. The van der Waals surface area contributed by atoms with Crippen LogP contribution in [0.3, 0.4) is 0 Å². The summed E-state index contributed by atoms with van der Waals surface area (Å²) in [7, 11) is 0.473. The van der Waals surface area contributed by atoms with Crippen LogP contribution in [0.4, 0.5) is 0 Å². The van der Waals surface area contributed by atoms with E-state index >= 15 is 0 Å². The maximum atomic E-state index is 7.07. The fourth-order valence-electron chi connectivity index (χ4n) is 3.48. The van der Waals surface area contributed by atoms with E-state index < -0.39 is 16.6 Å². The second-order valence-corrected chi connectivity index (χ2v) is 22.4. The van der Waals surface area contributed by atoms with Crippen LogP contribution in [-0.4, -0.2) is 38.0 Å². The monoisotopic (exact) mass is 570 g/mol. The average Bonchev–Trinajstić information content (AvgIpc) is 2.83. The molecule has 2 rings (SSSR count). The first kappa shape index (κ1) is 32.6. The van der Waals surface area contributed by atoms with Crippen molar-refractivity contribution in [1.29, 1.82) is 0 Å². The molecular weight excluding hydrogens is 521 g/mol. The van der Waals surface area contributed by atoms with E-state index in [1.165, 1.54) is 0 Å². The first-order chi connectivity index (χ1) is 17.9. The van der Waals surface area contributed by atoms with Crippen LogP contribution in [0.15, 0.2) is 36.9 Å². The van der Waals surface area contributed by atoms with Crippen molar-refractivity contribution < 1.29 is 23.1 Å². The fraction of sp³-hybridized carbons (Fsp3) is 0.500. The van der Waals surface area contributed by atoms with Crippen molar-refractivity contribution in [3.63, 3.8) is 0 Å². The van der Waals surface area contributed by atoms with Crippen LogP contribution < -0.4 is 23.1 Å². The highest BCUT2D eigenvalue weighted by Crippen LogP contribution is 2.47. The van der Waals surface area contributed by atoms with Crippen LogP contribution >= 0.6 is 0 Å². The van der Waals surface area contributed by atoms with Gasteiger partial charge in [-0.25, -0.2) is 0 Å². The van der Waals surface area contributed by atoms with Crippen molar-refractivity contribution in [2.75, 3.05) is 21.3 Å². The normalized spacial score (nSPS) is 12.8. The summed E-state index contributed by atoms with van der Waals surface area (Å²) in [5, 5.41) is 0.0577. The van der Waals surface area contributed by atoms with Gasteiger partial charge in [0.25, 0.3) is 16.6 Å². The number of ether oxygens (including phenoxy) is 3. The van der Waals surface area contributed by atoms with Crippen molar-refractivity contribution >= 4 is 28.8 Å². The molecule has 0 unspecified atom stereocenters. The molecule has 0 saturated heterocycles. The third-order valence-corrected chi connectivity index (χ3v) is 16.7. The summed E-state index contributed by atoms with van der Waals surface area (Å²) < 4.78 is 30.7. The van der Waals surface area contributed by atoms with E-state index in [0.29, 0.717) is 23.7 Å². The molecule has 0 aromatic heterocycles. The molecule has 0 fully saturated rings. The summed E-state index contributed by atoms with van der Waals surface area (Å²) >= 11 is 0. The molecule has 2 aromatic rings. The number of benzene rings is 2. The van der Waals surface area contributed by atoms with Gasteiger partial charge in [0, 0.05) is 11.1 Å². The molecule has 0 radical (unpaired) electrons. The van der Waals surface area contributed by atoms with Gasteiger partial charge in [0.05, 0.1) is 21.3 Å². The second-order valence-electron chi connectivity index (χ2n) is 13.0. The molecule has 0 bridgehead atoms. The van der Waals surface area contributed by atoms with Gasteiger partial charge in [0.2, 0.25) is 5.75 Å². The number of allylic oxidation sites excluding steroid dienone is 1. The molecule has 0 N–H and O–H groups in total. The molecule has 0 aliphatic rings. The summed E-state index contributed by atoms with van der Waals surface area (Å²) in [6.07, 6.45) is 6.75. The Hall–Kier alpha value is -2.65. The van der Waals surface area contributed by atoms with Gasteiger partial charge in [0.15, 0.2) is 17.2 Å². The largest absolute Gasteiger partial charge is 0.541 e. The summed E-state index contributed by atoms with van der Waals surface area (Å²) in [5.74, 6) is 3.45. The third kappa shape index (κ3) is 7.51. The van der Waals surface area contributed by atoms with Crippen LogP contribution in [0.2, 0.25) is 36.3 Å². The Labute approximate surface area is 239 Å². The lowest BCUT2D eigenvalue weighted by atomic mass is 10.0. The van der Waals surface area contributed by atoms with E-state index in [1.807, 2.05) is 24.3 Å². The van der Waals surface area contributed by atoms with Crippen molar-refractivity contribution in [3.05, 3.63) is 53.6 Å². The van der Waals surface area contributed by atoms with Gasteiger partial charge in [-0.1, -0.05) is 71.9 Å². The summed E-state index contributed by atoms with van der Waals surface area (Å²) in [4.78, 5) is 0. The molecule has 39 heavy (non-hydrogen) atoms. The Kier molecular flexibility index (Phi) is 10.2. The molecule has 0 heterocycles. The maximum absolute atomic E-state index is 7.07. The van der Waals surface area contributed by atoms with Crippen LogP contribution in [0.25, 0.3) is 12.2 Å². The molecular formula is C32H50O5Si2. The molecule has 0 aliphatic carbocycles. The summed E-state index contributed by atoms with van der Waals surface area (Å²) in [6.45, 7) is 26.7. The lowest BCUT2D eigenvalue weighted by Gasteiger charge is -2.40. The SMILES string of the molecule is C=CCc1ccc(C=Cc2cc(OC)c(OC)c(OC)c2)c(O[Si](C)(C)C(C)(C)C)c1O[Si](C)(C)C(C)(C)C. The van der Waals surface area contributed by atoms with Gasteiger partial charge in [-0.2, -0.15) is 0 Å². The highest BCUT2D eigenvalue weighted by atomic mass is 28.4. The third-order valence-electron chi connectivity index (χ3n) is 8.06. The van der Waals surface area contributed by atoms with Crippen LogP contribution in [-0.2, 0) is 6.42 Å². The molecule has 2 aromatic carbocycles. The number of hydrogen-bond donors (Lipinski definition) is 0. The van der Waals surface area contributed by atoms with Gasteiger partial charge >= 0.3 is 0 Å². The quantitative estimate of drug-likeness (QED) is 0.153. The lowest BCUT2D eigenvalue weighted by Crippen LogP contribution is -2.46. The smallest absolute Gasteiger partial charge is 0.250 e. The second kappa shape index (κ2) is 12.3. The topological polar surface area (TPSA) is 46.2 Å². The minimum atomic E-state index is -2.21. The highest BCUT2D eigenvalue weighted by molar-refractivity contribution is 6.75. The van der Waals surface area contributed by atoms with E-state index in [4.69, 9.17) is 23.1 Å². The molecule has 0 aliphatic heterocycles. The molecule has 216 valence electrons. The van der Waals surface area contributed by atoms with Gasteiger partial charge < -0.3 is 23.1 Å². The minimum Gasteiger partial charge on any atom is -0.541 e. The predicted molar refractivity (Wildman–Crippen MR) is 171 cm³/mol. The lowest BCUT2D eigenvalue weighted by molar-refractivity contribution is 0.324. The van der Waals surface area contributed by atoms with E-state index in [2.05, 4.69) is 92.5 Å². The van der Waals surface area contributed by atoms with Crippen molar-refractivity contribution in [2.45, 2.75) is 84.2 Å². The highest BCUT2D eigenvalue weighted by Gasteiger charge is 2.43. The van der Waals surface area contributed by atoms with Gasteiger partial charge in [-0.05, 0) is 60.4 Å². The Morgan fingerprint density at radius 1 is 0.692 bits per heavy atom. The van der Waals surface area contributed by atoms with Crippen LogP contribution in [0.1, 0.15) is 58.2 Å². The zero-order chi connectivity index (χ0) is 29.8. The summed E-state index contributed by atoms with van der Waals surface area (Å²) in [6, 6.07) is 8.13. The van der Waals surface area contributed by atoms with E-state index in [1.54, 1.807) is 21.3 Å². The minimum absolute atomic E-state index is 0.0212. The molecule has 0 amide bonds. The van der Waals surface area contributed by atoms with Crippen molar-refractivity contribution in [2.24, 2.45) is 0 Å². The van der Waals surface area contributed by atoms with E-state index in [0.717, 1.165) is 28.2 Å². The number of hydrogen-bond acceptors (Lipinski definition) is 5. The zero-order valence-corrected chi connectivity index (χ0v) is 28.5. The standard InChI is InChI=1S/C32H50O5Si2/c1-15-16-24-19-20-25(18-17-23-21-26(33-8)30(35-10)27(22-23)34-9)29(37-39(13,14)32(5,6)7)28(24)36-38(11,12)31(2,3)4/h15,17-22H,1,16H2,2-14H3. The number of rotatable bonds is 11. The fourth-order valence-corrected chi connectivity index (χ4v) is 5.55. The Balaban J connectivity index is 2.81. The van der Waals surface area contributed by atoms with Gasteiger partial charge in [0.1, 0.15) is 5.75 Å². The first-order valence-corrected chi connectivity index (χ1v) is 19.4. The molecule has 0 saturated carbocycles. The summed E-state index contributed by atoms with van der Waals surface area (Å²) in [5.41, 5.74) is 2.98. The van der Waals surface area contributed by atoms with E-state index in [-0.39, 0.29) is 10.1 Å². The Morgan fingerprint density at radius 2 is 1.18 bits per heavy atom. The maximum Gasteiger partial charge on any atom is 0.250 e. The van der Waals surface area contributed by atoms with Crippen molar-refractivity contribution in [3.8, 4) is 28.7 Å². The predicted octanol–water partition coefficient (Wildman–Crippen LogP) is 9.38. The average molecular weight is 571 g/mol. The molecule has 0 atom stereocenters.